The third kappa shape index (κ3) is 4.72. The summed E-state index contributed by atoms with van der Waals surface area (Å²) in [5.41, 5.74) is 1.67. The highest BCUT2D eigenvalue weighted by Gasteiger charge is 2.28. The summed E-state index contributed by atoms with van der Waals surface area (Å²) in [4.78, 5) is 25.8. The Morgan fingerprint density at radius 1 is 1.31 bits per heavy atom. The Morgan fingerprint density at radius 2 is 2.16 bits per heavy atom. The van der Waals surface area contributed by atoms with Crippen molar-refractivity contribution >= 4 is 28.3 Å². The Hall–Kier alpha value is -2.69. The van der Waals surface area contributed by atoms with Gasteiger partial charge in [-0.3, -0.25) is 14.6 Å². The predicted molar refractivity (Wildman–Crippen MR) is 120 cm³/mol. The number of hydroxylamine groups is 1. The molecule has 0 aliphatic carbocycles. The molecule has 0 spiro atoms. The van der Waals surface area contributed by atoms with Crippen LogP contribution in [0.5, 0.6) is 11.5 Å². The van der Waals surface area contributed by atoms with Gasteiger partial charge in [-0.1, -0.05) is 6.92 Å². The van der Waals surface area contributed by atoms with E-state index in [2.05, 4.69) is 9.88 Å². The van der Waals surface area contributed by atoms with E-state index in [0.29, 0.717) is 31.0 Å². The fraction of sp³-hybridized carbons (Fsp3) is 0.455. The van der Waals surface area contributed by atoms with Crippen molar-refractivity contribution in [3.63, 3.8) is 0 Å². The van der Waals surface area contributed by atoms with Crippen LogP contribution in [0.15, 0.2) is 41.6 Å². The molecule has 1 saturated heterocycles. The summed E-state index contributed by atoms with van der Waals surface area (Å²) >= 11 is 0. The van der Waals surface area contributed by atoms with Crippen molar-refractivity contribution in [1.82, 2.24) is 14.4 Å². The van der Waals surface area contributed by atoms with Gasteiger partial charge in [-0.2, -0.15) is 0 Å². The van der Waals surface area contributed by atoms with E-state index in [1.807, 2.05) is 36.1 Å². The van der Waals surface area contributed by atoms with Crippen LogP contribution in [0.4, 0.5) is 11.4 Å². The largest absolute Gasteiger partial charge is 0.490 e. The third-order valence-electron chi connectivity index (χ3n) is 5.60. The molecule has 3 heterocycles. The molecule has 4 rings (SSSR count). The average Bonchev–Trinajstić information content (AvgIpc) is 3.30. The number of nitrogens with zero attached hydrogens (tertiary/aromatic N) is 4. The minimum atomic E-state index is -1.48. The highest BCUT2D eigenvalue weighted by atomic mass is 32.2. The molecule has 2 aliphatic heterocycles. The van der Waals surface area contributed by atoms with Crippen LogP contribution >= 0.6 is 0 Å². The summed E-state index contributed by atoms with van der Waals surface area (Å²) in [6, 6.07) is 7.58. The summed E-state index contributed by atoms with van der Waals surface area (Å²) in [5, 5.41) is 0. The Labute approximate surface area is 190 Å². The molecule has 0 N–H and O–H groups in total. The van der Waals surface area contributed by atoms with Gasteiger partial charge in [0.1, 0.15) is 24.2 Å². The number of rotatable bonds is 7. The maximum absolute atomic E-state index is 12.6. The monoisotopic (exact) mass is 460 g/mol. The summed E-state index contributed by atoms with van der Waals surface area (Å²) < 4.78 is 25.9. The number of anilines is 2. The predicted octanol–water partition coefficient (Wildman–Crippen LogP) is 2.52. The van der Waals surface area contributed by atoms with Gasteiger partial charge in [-0.15, -0.1) is 4.47 Å². The average molecular weight is 461 g/mol. The molecule has 32 heavy (non-hydrogen) atoms. The minimum Gasteiger partial charge on any atom is -0.490 e. The number of likely N-dealkylation sites (tertiary alicyclic amines) is 1. The van der Waals surface area contributed by atoms with Crippen molar-refractivity contribution in [2.45, 2.75) is 30.8 Å². The van der Waals surface area contributed by atoms with Crippen LogP contribution in [-0.4, -0.2) is 71.0 Å². The summed E-state index contributed by atoms with van der Waals surface area (Å²) in [6.07, 6.45) is 4.60. The second kappa shape index (κ2) is 9.85. The van der Waals surface area contributed by atoms with Crippen LogP contribution in [0.2, 0.25) is 0 Å². The fourth-order valence-electron chi connectivity index (χ4n) is 3.87. The fourth-order valence-corrected chi connectivity index (χ4v) is 4.68. The van der Waals surface area contributed by atoms with Crippen LogP contribution in [0.3, 0.4) is 0 Å². The van der Waals surface area contributed by atoms with Crippen molar-refractivity contribution in [3.05, 3.63) is 36.7 Å². The van der Waals surface area contributed by atoms with Crippen molar-refractivity contribution in [2.75, 3.05) is 45.3 Å². The normalized spacial score (nSPS) is 18.9. The maximum Gasteiger partial charge on any atom is 0.222 e. The summed E-state index contributed by atoms with van der Waals surface area (Å²) in [5.74, 6) is 1.63. The minimum absolute atomic E-state index is 0.0292. The zero-order valence-corrected chi connectivity index (χ0v) is 19.3. The highest BCUT2D eigenvalue weighted by molar-refractivity contribution is 7.82. The standard InChI is InChI=1S/C22H28N4O5S/c1-4-22(27)25-8-7-18(15-25)31-17-5-6-21-20(12-17)26(9-10-30-21)16-11-19(14-23-13-16)32(28)24(2)29-3/h5-6,11-14,18H,4,7-10,15H2,1-3H3/t18-,32?/m0/s1. The number of hydrogen-bond acceptors (Lipinski definition) is 7. The van der Waals surface area contributed by atoms with Gasteiger partial charge in [-0.25, -0.2) is 4.21 Å². The van der Waals surface area contributed by atoms with Crippen LogP contribution < -0.4 is 14.4 Å². The van der Waals surface area contributed by atoms with Gasteiger partial charge in [-0.05, 0) is 18.2 Å². The number of amides is 1. The molecular weight excluding hydrogens is 432 g/mol. The lowest BCUT2D eigenvalue weighted by Gasteiger charge is -2.31. The Bertz CT molecular complexity index is 1000. The quantitative estimate of drug-likeness (QED) is 0.587. The first-order chi connectivity index (χ1) is 15.5. The molecule has 1 aromatic heterocycles. The van der Waals surface area contributed by atoms with Crippen molar-refractivity contribution in [3.8, 4) is 11.5 Å². The Kier molecular flexibility index (Phi) is 6.92. The number of ether oxygens (including phenoxy) is 2. The number of pyridine rings is 1. The molecule has 10 heteroatoms. The lowest BCUT2D eigenvalue weighted by Crippen LogP contribution is -2.30. The van der Waals surface area contributed by atoms with Gasteiger partial charge in [0.05, 0.1) is 42.7 Å². The number of carbonyl (C=O) groups excluding carboxylic acids is 1. The molecule has 0 bridgehead atoms. The number of fused-ring (bicyclic) bond motifs is 1. The molecule has 1 amide bonds. The second-order valence-corrected chi connectivity index (χ2v) is 9.09. The molecule has 1 aromatic carbocycles. The number of benzene rings is 1. The van der Waals surface area contributed by atoms with Gasteiger partial charge in [0.15, 0.2) is 11.0 Å². The molecule has 0 radical (unpaired) electrons. The first-order valence-electron chi connectivity index (χ1n) is 10.6. The maximum atomic E-state index is 12.6. The lowest BCUT2D eigenvalue weighted by atomic mass is 10.2. The van der Waals surface area contributed by atoms with E-state index >= 15 is 0 Å². The number of aromatic nitrogens is 1. The van der Waals surface area contributed by atoms with E-state index in [9.17, 15) is 9.00 Å². The van der Waals surface area contributed by atoms with Gasteiger partial charge >= 0.3 is 0 Å². The van der Waals surface area contributed by atoms with E-state index in [0.717, 1.165) is 35.8 Å². The zero-order valence-electron chi connectivity index (χ0n) is 18.5. The zero-order chi connectivity index (χ0) is 22.7. The van der Waals surface area contributed by atoms with Crippen molar-refractivity contribution in [2.24, 2.45) is 0 Å². The van der Waals surface area contributed by atoms with E-state index in [1.165, 1.54) is 11.6 Å². The smallest absolute Gasteiger partial charge is 0.222 e. The van der Waals surface area contributed by atoms with Crippen LogP contribution in [-0.2, 0) is 20.6 Å². The first-order valence-corrected chi connectivity index (χ1v) is 11.7. The van der Waals surface area contributed by atoms with Crippen LogP contribution in [0, 0.1) is 0 Å². The molecule has 9 nitrogen and oxygen atoms in total. The van der Waals surface area contributed by atoms with E-state index in [4.69, 9.17) is 14.3 Å². The highest BCUT2D eigenvalue weighted by Crippen LogP contribution is 2.39. The Balaban J connectivity index is 1.55. The molecule has 0 saturated carbocycles. The van der Waals surface area contributed by atoms with Gasteiger partial charge in [0, 0.05) is 38.7 Å². The molecule has 2 aromatic rings. The van der Waals surface area contributed by atoms with Gasteiger partial charge in [0.2, 0.25) is 5.91 Å². The Morgan fingerprint density at radius 3 is 2.94 bits per heavy atom. The van der Waals surface area contributed by atoms with Crippen molar-refractivity contribution in [1.29, 1.82) is 0 Å². The molecule has 1 fully saturated rings. The van der Waals surface area contributed by atoms with Crippen LogP contribution in [0.1, 0.15) is 19.8 Å². The van der Waals surface area contributed by atoms with Gasteiger partial charge in [0.25, 0.3) is 0 Å². The summed E-state index contributed by atoms with van der Waals surface area (Å²) in [7, 11) is 1.59. The van der Waals surface area contributed by atoms with E-state index in [1.54, 1.807) is 19.4 Å². The number of carbonyl (C=O) groups is 1. The molecule has 1 unspecified atom stereocenters. The lowest BCUT2D eigenvalue weighted by molar-refractivity contribution is -0.130. The summed E-state index contributed by atoms with van der Waals surface area (Å²) in [6.45, 7) is 4.35. The van der Waals surface area contributed by atoms with Crippen molar-refractivity contribution < 1.29 is 23.3 Å². The SMILES string of the molecule is CCC(=O)N1CC[C@H](Oc2ccc3c(c2)N(c2cncc(S(=O)N(C)OC)c2)CCO3)C1. The molecule has 2 aliphatic rings. The topological polar surface area (TPSA) is 84.4 Å². The molecular formula is C22H28N4O5S. The van der Waals surface area contributed by atoms with Crippen LogP contribution in [0.25, 0.3) is 0 Å². The second-order valence-electron chi connectivity index (χ2n) is 7.60. The number of hydrogen-bond donors (Lipinski definition) is 0. The van der Waals surface area contributed by atoms with E-state index in [-0.39, 0.29) is 12.0 Å². The third-order valence-corrected chi connectivity index (χ3v) is 6.84. The molecule has 172 valence electrons. The first kappa shape index (κ1) is 22.5. The van der Waals surface area contributed by atoms with Gasteiger partial charge < -0.3 is 19.3 Å². The molecule has 2 atom stereocenters. The van der Waals surface area contributed by atoms with E-state index < -0.39 is 11.0 Å².